The summed E-state index contributed by atoms with van der Waals surface area (Å²) in [5.74, 6) is -0.0987. The molecule has 88 valence electrons. The zero-order valence-corrected chi connectivity index (χ0v) is 9.90. The van der Waals surface area contributed by atoms with Crippen molar-refractivity contribution >= 4 is 11.6 Å². The van der Waals surface area contributed by atoms with E-state index in [2.05, 4.69) is 0 Å². The number of nitrogens with two attached hydrogens (primary N) is 1. The van der Waals surface area contributed by atoms with E-state index in [-0.39, 0.29) is 5.91 Å². The van der Waals surface area contributed by atoms with Crippen molar-refractivity contribution in [2.24, 2.45) is 0 Å². The Morgan fingerprint density at radius 2 is 2.19 bits per heavy atom. The predicted octanol–water partition coefficient (Wildman–Crippen LogP) is 1.03. The maximum absolute atomic E-state index is 12.0. The molecular weight excluding hydrogens is 204 g/mol. The van der Waals surface area contributed by atoms with Crippen molar-refractivity contribution in [2.45, 2.75) is 20.0 Å². The molecule has 0 saturated carbocycles. The lowest BCUT2D eigenvalue weighted by Crippen LogP contribution is -2.33. The van der Waals surface area contributed by atoms with Gasteiger partial charge in [0.25, 0.3) is 5.91 Å². The molecule has 1 aromatic rings. The van der Waals surface area contributed by atoms with Crippen molar-refractivity contribution in [3.8, 4) is 0 Å². The van der Waals surface area contributed by atoms with Gasteiger partial charge < -0.3 is 15.7 Å². The van der Waals surface area contributed by atoms with Crippen LogP contribution < -0.4 is 5.73 Å². The molecule has 0 saturated heterocycles. The molecule has 0 spiro atoms. The van der Waals surface area contributed by atoms with Crippen LogP contribution in [0.2, 0.25) is 0 Å². The lowest BCUT2D eigenvalue weighted by molar-refractivity contribution is 0.0703. The summed E-state index contributed by atoms with van der Waals surface area (Å²) in [7, 11) is 1.67. The average Bonchev–Trinajstić information content (AvgIpc) is 2.15. The Labute approximate surface area is 95.7 Å². The molecule has 0 heterocycles. The monoisotopic (exact) mass is 222 g/mol. The van der Waals surface area contributed by atoms with Gasteiger partial charge in [-0.1, -0.05) is 0 Å². The number of rotatable bonds is 3. The van der Waals surface area contributed by atoms with Gasteiger partial charge in [-0.2, -0.15) is 0 Å². The summed E-state index contributed by atoms with van der Waals surface area (Å²) in [6.45, 7) is 3.82. The molecule has 4 nitrogen and oxygen atoms in total. The van der Waals surface area contributed by atoms with Gasteiger partial charge in [0, 0.05) is 24.8 Å². The standard InChI is InChI=1S/C12H18N2O2/c1-8-6-10(13)4-5-11(8)12(16)14(3)7-9(2)15/h4-6,9,15H,7,13H2,1-3H3. The maximum atomic E-state index is 12.0. The van der Waals surface area contributed by atoms with Gasteiger partial charge in [0.1, 0.15) is 0 Å². The van der Waals surface area contributed by atoms with Crippen LogP contribution in [0.1, 0.15) is 22.8 Å². The highest BCUT2D eigenvalue weighted by Gasteiger charge is 2.15. The van der Waals surface area contributed by atoms with Crippen LogP contribution in [0.4, 0.5) is 5.69 Å². The third-order valence-electron chi connectivity index (χ3n) is 2.37. The van der Waals surface area contributed by atoms with E-state index < -0.39 is 6.10 Å². The summed E-state index contributed by atoms with van der Waals surface area (Å²) in [5.41, 5.74) is 7.74. The molecule has 0 aliphatic rings. The highest BCUT2D eigenvalue weighted by atomic mass is 16.3. The minimum Gasteiger partial charge on any atom is -0.399 e. The molecule has 0 fully saturated rings. The Morgan fingerprint density at radius 3 is 2.69 bits per heavy atom. The second kappa shape index (κ2) is 4.99. The Kier molecular flexibility index (Phi) is 3.90. The third kappa shape index (κ3) is 2.97. The number of nitrogens with zero attached hydrogens (tertiary/aromatic N) is 1. The summed E-state index contributed by atoms with van der Waals surface area (Å²) in [6, 6.07) is 5.19. The molecule has 0 aliphatic carbocycles. The summed E-state index contributed by atoms with van der Waals surface area (Å²) >= 11 is 0. The van der Waals surface area contributed by atoms with Crippen LogP contribution in [-0.4, -0.2) is 35.6 Å². The Morgan fingerprint density at radius 1 is 1.56 bits per heavy atom. The maximum Gasteiger partial charge on any atom is 0.253 e. The Balaban J connectivity index is 2.88. The summed E-state index contributed by atoms with van der Waals surface area (Å²) in [5, 5.41) is 9.22. The van der Waals surface area contributed by atoms with Crippen LogP contribution >= 0.6 is 0 Å². The first-order valence-corrected chi connectivity index (χ1v) is 5.21. The van der Waals surface area contributed by atoms with Crippen LogP contribution in [0.15, 0.2) is 18.2 Å². The SMILES string of the molecule is Cc1cc(N)ccc1C(=O)N(C)CC(C)O. The average molecular weight is 222 g/mol. The summed E-state index contributed by atoms with van der Waals surface area (Å²) in [6.07, 6.45) is -0.525. The smallest absolute Gasteiger partial charge is 0.253 e. The molecule has 1 amide bonds. The van der Waals surface area contributed by atoms with Crippen LogP contribution in [0.5, 0.6) is 0 Å². The van der Waals surface area contributed by atoms with E-state index in [1.54, 1.807) is 32.2 Å². The Hall–Kier alpha value is -1.55. The van der Waals surface area contributed by atoms with Gasteiger partial charge in [-0.25, -0.2) is 0 Å². The van der Waals surface area contributed by atoms with Crippen LogP contribution in [0, 0.1) is 6.92 Å². The van der Waals surface area contributed by atoms with E-state index in [1.807, 2.05) is 6.92 Å². The fourth-order valence-electron chi connectivity index (χ4n) is 1.61. The van der Waals surface area contributed by atoms with Gasteiger partial charge in [0.15, 0.2) is 0 Å². The van der Waals surface area contributed by atoms with Gasteiger partial charge >= 0.3 is 0 Å². The zero-order valence-electron chi connectivity index (χ0n) is 9.90. The first-order chi connectivity index (χ1) is 7.41. The number of hydrogen-bond donors (Lipinski definition) is 2. The Bertz CT molecular complexity index is 389. The van der Waals surface area contributed by atoms with Crippen LogP contribution in [-0.2, 0) is 0 Å². The van der Waals surface area contributed by atoms with Gasteiger partial charge in [0.2, 0.25) is 0 Å². The van der Waals surface area contributed by atoms with Gasteiger partial charge in [-0.15, -0.1) is 0 Å². The molecular formula is C12H18N2O2. The first-order valence-electron chi connectivity index (χ1n) is 5.21. The first kappa shape index (κ1) is 12.5. The number of likely N-dealkylation sites (N-methyl/N-ethyl adjacent to an activating group) is 1. The van der Waals surface area contributed by atoms with E-state index in [9.17, 15) is 9.90 Å². The van der Waals surface area contributed by atoms with Crippen LogP contribution in [0.3, 0.4) is 0 Å². The van der Waals surface area contributed by atoms with E-state index in [0.29, 0.717) is 17.8 Å². The number of carbonyl (C=O) groups is 1. The van der Waals surface area contributed by atoms with Gasteiger partial charge in [-0.3, -0.25) is 4.79 Å². The largest absolute Gasteiger partial charge is 0.399 e. The molecule has 0 aromatic heterocycles. The number of carbonyl (C=O) groups excluding carboxylic acids is 1. The second-order valence-corrected chi connectivity index (χ2v) is 4.11. The minimum absolute atomic E-state index is 0.0987. The number of aliphatic hydroxyl groups excluding tert-OH is 1. The van der Waals surface area contributed by atoms with Crippen molar-refractivity contribution in [2.75, 3.05) is 19.3 Å². The molecule has 0 bridgehead atoms. The van der Waals surface area contributed by atoms with Crippen molar-refractivity contribution in [1.82, 2.24) is 4.90 Å². The predicted molar refractivity (Wildman–Crippen MR) is 64.2 cm³/mol. The quantitative estimate of drug-likeness (QED) is 0.751. The van der Waals surface area contributed by atoms with Crippen molar-refractivity contribution in [3.63, 3.8) is 0 Å². The molecule has 4 heteroatoms. The van der Waals surface area contributed by atoms with E-state index in [1.165, 1.54) is 4.90 Å². The molecule has 1 rings (SSSR count). The van der Waals surface area contributed by atoms with Crippen LogP contribution in [0.25, 0.3) is 0 Å². The van der Waals surface area contributed by atoms with Crippen molar-refractivity contribution in [3.05, 3.63) is 29.3 Å². The number of nitrogen functional groups attached to an aromatic ring is 1. The molecule has 16 heavy (non-hydrogen) atoms. The number of aliphatic hydroxyl groups is 1. The lowest BCUT2D eigenvalue weighted by atomic mass is 10.1. The fourth-order valence-corrected chi connectivity index (χ4v) is 1.61. The molecule has 0 aliphatic heterocycles. The molecule has 1 unspecified atom stereocenters. The second-order valence-electron chi connectivity index (χ2n) is 4.11. The molecule has 1 atom stereocenters. The van der Waals surface area contributed by atoms with Crippen molar-refractivity contribution in [1.29, 1.82) is 0 Å². The molecule has 3 N–H and O–H groups in total. The van der Waals surface area contributed by atoms with Gasteiger partial charge in [0.05, 0.1) is 6.10 Å². The molecule has 1 aromatic carbocycles. The van der Waals surface area contributed by atoms with Gasteiger partial charge in [-0.05, 0) is 37.6 Å². The van der Waals surface area contributed by atoms with E-state index in [0.717, 1.165) is 5.56 Å². The topological polar surface area (TPSA) is 66.6 Å². The van der Waals surface area contributed by atoms with E-state index >= 15 is 0 Å². The summed E-state index contributed by atoms with van der Waals surface area (Å²) in [4.78, 5) is 13.5. The number of aryl methyl sites for hydroxylation is 1. The number of amides is 1. The number of benzene rings is 1. The number of anilines is 1. The minimum atomic E-state index is -0.525. The lowest BCUT2D eigenvalue weighted by Gasteiger charge is -2.19. The zero-order chi connectivity index (χ0) is 12.3. The van der Waals surface area contributed by atoms with E-state index in [4.69, 9.17) is 5.73 Å². The number of hydrogen-bond acceptors (Lipinski definition) is 3. The normalized spacial score (nSPS) is 12.2. The summed E-state index contributed by atoms with van der Waals surface area (Å²) < 4.78 is 0. The van der Waals surface area contributed by atoms with Crippen molar-refractivity contribution < 1.29 is 9.90 Å². The highest BCUT2D eigenvalue weighted by Crippen LogP contribution is 2.14. The molecule has 0 radical (unpaired) electrons. The fraction of sp³-hybridized carbons (Fsp3) is 0.417. The third-order valence-corrected chi connectivity index (χ3v) is 2.37. The highest BCUT2D eigenvalue weighted by molar-refractivity contribution is 5.95.